The van der Waals surface area contributed by atoms with E-state index in [1.807, 2.05) is 13.8 Å². The Bertz CT molecular complexity index is 383. The molecule has 114 valence electrons. The van der Waals surface area contributed by atoms with Gasteiger partial charge < -0.3 is 14.8 Å². The van der Waals surface area contributed by atoms with Gasteiger partial charge in [0.25, 0.3) is 0 Å². The number of ether oxygens (including phenoxy) is 2. The molecule has 0 aromatic heterocycles. The van der Waals surface area contributed by atoms with Crippen molar-refractivity contribution in [3.8, 4) is 0 Å². The van der Waals surface area contributed by atoms with Crippen LogP contribution in [0.25, 0.3) is 0 Å². The van der Waals surface area contributed by atoms with Gasteiger partial charge >= 0.3 is 0 Å². The van der Waals surface area contributed by atoms with Gasteiger partial charge in [0.05, 0.1) is 25.9 Å². The lowest BCUT2D eigenvalue weighted by molar-refractivity contribution is 0.0143. The Morgan fingerprint density at radius 3 is 2.45 bits per heavy atom. The molecule has 0 unspecified atom stereocenters. The van der Waals surface area contributed by atoms with Crippen LogP contribution in [-0.4, -0.2) is 24.9 Å². The van der Waals surface area contributed by atoms with Gasteiger partial charge in [0.2, 0.25) is 0 Å². The highest BCUT2D eigenvalue weighted by Gasteiger charge is 2.08. The van der Waals surface area contributed by atoms with Crippen LogP contribution in [0.1, 0.15) is 45.7 Å². The molecule has 0 aliphatic heterocycles. The summed E-state index contributed by atoms with van der Waals surface area (Å²) in [6.07, 6.45) is 0.269. The van der Waals surface area contributed by atoms with E-state index in [0.29, 0.717) is 19.8 Å². The molecule has 0 saturated heterocycles. The van der Waals surface area contributed by atoms with E-state index in [-0.39, 0.29) is 11.6 Å². The van der Waals surface area contributed by atoms with Crippen molar-refractivity contribution in [2.45, 2.75) is 59.4 Å². The zero-order valence-electron chi connectivity index (χ0n) is 13.5. The number of rotatable bonds is 8. The summed E-state index contributed by atoms with van der Waals surface area (Å²) in [6, 6.07) is 8.53. The van der Waals surface area contributed by atoms with Crippen molar-refractivity contribution >= 4 is 0 Å². The van der Waals surface area contributed by atoms with Gasteiger partial charge in [0.15, 0.2) is 0 Å². The van der Waals surface area contributed by atoms with Gasteiger partial charge in [0, 0.05) is 12.1 Å². The summed E-state index contributed by atoms with van der Waals surface area (Å²) >= 11 is 0. The Morgan fingerprint density at radius 1 is 1.10 bits per heavy atom. The molecule has 0 aliphatic carbocycles. The molecule has 0 amide bonds. The maximum atomic E-state index is 5.63. The Morgan fingerprint density at radius 2 is 1.80 bits per heavy atom. The van der Waals surface area contributed by atoms with E-state index >= 15 is 0 Å². The molecule has 0 atom stereocenters. The summed E-state index contributed by atoms with van der Waals surface area (Å²) in [6.45, 7) is 13.4. The topological polar surface area (TPSA) is 30.5 Å². The van der Waals surface area contributed by atoms with E-state index in [2.05, 4.69) is 50.4 Å². The van der Waals surface area contributed by atoms with Crippen molar-refractivity contribution in [3.05, 3.63) is 35.4 Å². The van der Waals surface area contributed by atoms with Gasteiger partial charge in [-0.15, -0.1) is 0 Å². The average molecular weight is 279 g/mol. The molecule has 20 heavy (non-hydrogen) atoms. The zero-order valence-corrected chi connectivity index (χ0v) is 13.5. The number of benzene rings is 1. The Hall–Kier alpha value is -0.900. The predicted octanol–water partition coefficient (Wildman–Crippen LogP) is 3.52. The minimum absolute atomic E-state index is 0.140. The van der Waals surface area contributed by atoms with Crippen molar-refractivity contribution in [1.29, 1.82) is 0 Å². The van der Waals surface area contributed by atoms with Crippen molar-refractivity contribution in [2.75, 3.05) is 13.2 Å². The lowest BCUT2D eigenvalue weighted by Gasteiger charge is -2.20. The summed E-state index contributed by atoms with van der Waals surface area (Å²) in [4.78, 5) is 0. The maximum absolute atomic E-state index is 5.63. The van der Waals surface area contributed by atoms with E-state index in [9.17, 15) is 0 Å². The lowest BCUT2D eigenvalue weighted by atomic mass is 10.1. The molecular weight excluding hydrogens is 250 g/mol. The number of hydrogen-bond acceptors (Lipinski definition) is 3. The van der Waals surface area contributed by atoms with Gasteiger partial charge in [0.1, 0.15) is 0 Å². The third-order valence-electron chi connectivity index (χ3n) is 2.76. The normalized spacial score (nSPS) is 12.1. The zero-order chi connectivity index (χ0) is 15.0. The largest absolute Gasteiger partial charge is 0.376 e. The summed E-state index contributed by atoms with van der Waals surface area (Å²) in [5.74, 6) is 0. The summed E-state index contributed by atoms with van der Waals surface area (Å²) in [7, 11) is 0. The van der Waals surface area contributed by atoms with Gasteiger partial charge in [-0.3, -0.25) is 0 Å². The standard InChI is InChI=1S/C17H29NO2/c1-14(2)20-10-9-19-13-16-8-6-7-15(11-16)12-18-17(3,4)5/h6-8,11,14,18H,9-10,12-13H2,1-5H3. The van der Waals surface area contributed by atoms with E-state index in [1.165, 1.54) is 11.1 Å². The summed E-state index contributed by atoms with van der Waals surface area (Å²) < 4.78 is 11.1. The minimum Gasteiger partial charge on any atom is -0.376 e. The first-order valence-corrected chi connectivity index (χ1v) is 7.39. The van der Waals surface area contributed by atoms with E-state index in [4.69, 9.17) is 9.47 Å². The molecule has 0 fully saturated rings. The predicted molar refractivity (Wildman–Crippen MR) is 83.8 cm³/mol. The number of nitrogens with one attached hydrogen (secondary N) is 1. The van der Waals surface area contributed by atoms with E-state index in [0.717, 1.165) is 6.54 Å². The van der Waals surface area contributed by atoms with Gasteiger partial charge in [-0.2, -0.15) is 0 Å². The summed E-state index contributed by atoms with van der Waals surface area (Å²) in [5.41, 5.74) is 2.64. The van der Waals surface area contributed by atoms with Crippen molar-refractivity contribution in [1.82, 2.24) is 5.32 Å². The second-order valence-corrected chi connectivity index (χ2v) is 6.40. The molecule has 0 radical (unpaired) electrons. The lowest BCUT2D eigenvalue weighted by Crippen LogP contribution is -2.35. The first-order valence-electron chi connectivity index (χ1n) is 7.39. The molecular formula is C17H29NO2. The van der Waals surface area contributed by atoms with Crippen molar-refractivity contribution in [2.24, 2.45) is 0 Å². The molecule has 3 nitrogen and oxygen atoms in total. The molecule has 1 rings (SSSR count). The monoisotopic (exact) mass is 279 g/mol. The van der Waals surface area contributed by atoms with E-state index < -0.39 is 0 Å². The number of hydrogen-bond donors (Lipinski definition) is 1. The van der Waals surface area contributed by atoms with Crippen LogP contribution in [0.5, 0.6) is 0 Å². The maximum Gasteiger partial charge on any atom is 0.0718 e. The van der Waals surface area contributed by atoms with Crippen molar-refractivity contribution < 1.29 is 9.47 Å². The van der Waals surface area contributed by atoms with E-state index in [1.54, 1.807) is 0 Å². The van der Waals surface area contributed by atoms with Crippen LogP contribution in [0.15, 0.2) is 24.3 Å². The smallest absolute Gasteiger partial charge is 0.0718 e. The molecule has 0 saturated carbocycles. The van der Waals surface area contributed by atoms with Crippen LogP contribution in [-0.2, 0) is 22.6 Å². The molecule has 0 aliphatic rings. The van der Waals surface area contributed by atoms with Crippen LogP contribution in [0, 0.1) is 0 Å². The SMILES string of the molecule is CC(C)OCCOCc1cccc(CNC(C)(C)C)c1. The van der Waals surface area contributed by atoms with Gasteiger partial charge in [-0.1, -0.05) is 24.3 Å². The van der Waals surface area contributed by atoms with Crippen LogP contribution in [0.3, 0.4) is 0 Å². The first-order chi connectivity index (χ1) is 9.37. The van der Waals surface area contributed by atoms with Gasteiger partial charge in [-0.05, 0) is 45.7 Å². The van der Waals surface area contributed by atoms with Crippen LogP contribution >= 0.6 is 0 Å². The second-order valence-electron chi connectivity index (χ2n) is 6.40. The molecule has 0 spiro atoms. The molecule has 0 heterocycles. The minimum atomic E-state index is 0.140. The fourth-order valence-corrected chi connectivity index (χ4v) is 1.73. The highest BCUT2D eigenvalue weighted by Crippen LogP contribution is 2.09. The first kappa shape index (κ1) is 17.2. The Labute approximate surface area is 123 Å². The van der Waals surface area contributed by atoms with Crippen molar-refractivity contribution in [3.63, 3.8) is 0 Å². The highest BCUT2D eigenvalue weighted by atomic mass is 16.5. The third kappa shape index (κ3) is 8.31. The fraction of sp³-hybridized carbons (Fsp3) is 0.647. The van der Waals surface area contributed by atoms with Crippen LogP contribution in [0.2, 0.25) is 0 Å². The second kappa shape index (κ2) is 8.40. The Kier molecular flexibility index (Phi) is 7.20. The highest BCUT2D eigenvalue weighted by molar-refractivity contribution is 5.23. The molecule has 0 bridgehead atoms. The third-order valence-corrected chi connectivity index (χ3v) is 2.76. The van der Waals surface area contributed by atoms with Crippen LogP contribution in [0.4, 0.5) is 0 Å². The Balaban J connectivity index is 2.32. The quantitative estimate of drug-likeness (QED) is 0.739. The molecule has 3 heteroatoms. The molecule has 1 aromatic rings. The average Bonchev–Trinajstić information content (AvgIpc) is 2.35. The summed E-state index contributed by atoms with van der Waals surface area (Å²) in [5, 5.41) is 3.49. The fourth-order valence-electron chi connectivity index (χ4n) is 1.73. The molecule has 1 aromatic carbocycles. The molecule has 1 N–H and O–H groups in total. The van der Waals surface area contributed by atoms with Crippen LogP contribution < -0.4 is 5.32 Å². The van der Waals surface area contributed by atoms with Gasteiger partial charge in [-0.25, -0.2) is 0 Å².